The molecule has 1 aromatic carbocycles. The van der Waals surface area contributed by atoms with Crippen LogP contribution in [0.15, 0.2) is 36.4 Å². The zero-order valence-corrected chi connectivity index (χ0v) is 12.3. The molecule has 0 aromatic heterocycles. The van der Waals surface area contributed by atoms with Crippen molar-refractivity contribution in [2.24, 2.45) is 5.92 Å². The van der Waals surface area contributed by atoms with Gasteiger partial charge in [0.1, 0.15) is 0 Å². The molecule has 1 aromatic rings. The van der Waals surface area contributed by atoms with Gasteiger partial charge in [-0.3, -0.25) is 0 Å². The predicted molar refractivity (Wildman–Crippen MR) is 81.5 cm³/mol. The summed E-state index contributed by atoms with van der Waals surface area (Å²) in [5.74, 6) is 0.519. The van der Waals surface area contributed by atoms with Crippen LogP contribution in [0.1, 0.15) is 31.7 Å². The van der Waals surface area contributed by atoms with Gasteiger partial charge < -0.3 is 4.74 Å². The van der Waals surface area contributed by atoms with Crippen molar-refractivity contribution in [3.8, 4) is 0 Å². The van der Waals surface area contributed by atoms with Crippen molar-refractivity contribution in [3.63, 3.8) is 0 Å². The number of hydrogen-bond acceptors (Lipinski definition) is 1. The Labute approximate surface area is 121 Å². The molecule has 0 spiro atoms. The molecule has 103 valence electrons. The molecule has 0 saturated carbocycles. The maximum atomic E-state index is 6.01. The summed E-state index contributed by atoms with van der Waals surface area (Å²) in [7, 11) is 0. The lowest BCUT2D eigenvalue weighted by Gasteiger charge is -2.40. The largest absolute Gasteiger partial charge is 0.381 e. The van der Waals surface area contributed by atoms with Crippen LogP contribution < -0.4 is 0 Å². The molecule has 0 aliphatic carbocycles. The zero-order chi connectivity index (χ0) is 13.7. The van der Waals surface area contributed by atoms with Gasteiger partial charge in [0.2, 0.25) is 0 Å². The predicted octanol–water partition coefficient (Wildman–Crippen LogP) is 4.80. The fourth-order valence-corrected chi connectivity index (χ4v) is 3.32. The molecule has 2 heteroatoms. The molecule has 1 fully saturated rings. The number of rotatable bonds is 4. The standard InChI is InChI=1S/C17H22ClO/c1-3-11-17(4-2,15-6-5-12-19-13-15)14-7-9-16(18)10-8-14/h3,7-11,15H,1,4-6,12-13H2,2H3. The molecule has 0 bridgehead atoms. The van der Waals surface area contributed by atoms with Crippen LogP contribution >= 0.6 is 11.6 Å². The quantitative estimate of drug-likeness (QED) is 0.768. The van der Waals surface area contributed by atoms with Gasteiger partial charge in [-0.15, -0.1) is 0 Å². The van der Waals surface area contributed by atoms with Crippen molar-refractivity contribution in [3.05, 3.63) is 53.9 Å². The SMILES string of the molecule is [CH2]C=CC(CC)(c1ccc(Cl)cc1)C1CCCOC1. The van der Waals surface area contributed by atoms with Crippen LogP contribution in [-0.4, -0.2) is 13.2 Å². The van der Waals surface area contributed by atoms with E-state index in [1.165, 1.54) is 12.0 Å². The van der Waals surface area contributed by atoms with Crippen molar-refractivity contribution in [2.45, 2.75) is 31.6 Å². The van der Waals surface area contributed by atoms with E-state index < -0.39 is 0 Å². The molecule has 1 saturated heterocycles. The van der Waals surface area contributed by atoms with Gasteiger partial charge in [0, 0.05) is 17.0 Å². The average Bonchev–Trinajstić information content (AvgIpc) is 2.47. The van der Waals surface area contributed by atoms with Crippen LogP contribution in [0, 0.1) is 12.8 Å². The van der Waals surface area contributed by atoms with Gasteiger partial charge in [-0.1, -0.05) is 42.8 Å². The van der Waals surface area contributed by atoms with Crippen LogP contribution in [0.3, 0.4) is 0 Å². The molecule has 1 radical (unpaired) electrons. The van der Waals surface area contributed by atoms with Crippen molar-refractivity contribution < 1.29 is 4.74 Å². The van der Waals surface area contributed by atoms with Gasteiger partial charge in [-0.05, 0) is 49.8 Å². The van der Waals surface area contributed by atoms with E-state index in [1.807, 2.05) is 18.2 Å². The molecule has 0 amide bonds. The second-order valence-corrected chi connectivity index (χ2v) is 5.65. The highest BCUT2D eigenvalue weighted by Crippen LogP contribution is 2.41. The summed E-state index contributed by atoms with van der Waals surface area (Å²) in [5.41, 5.74) is 1.34. The van der Waals surface area contributed by atoms with E-state index in [0.29, 0.717) is 5.92 Å². The summed E-state index contributed by atoms with van der Waals surface area (Å²) in [6.07, 6.45) is 7.57. The van der Waals surface area contributed by atoms with Crippen LogP contribution in [0.5, 0.6) is 0 Å². The van der Waals surface area contributed by atoms with Crippen molar-refractivity contribution >= 4 is 11.6 Å². The Bertz CT molecular complexity index is 417. The van der Waals surface area contributed by atoms with Crippen LogP contribution in [0.4, 0.5) is 0 Å². The molecular weight excluding hydrogens is 256 g/mol. The summed E-state index contributed by atoms with van der Waals surface area (Å²) in [6, 6.07) is 8.23. The first-order valence-electron chi connectivity index (χ1n) is 7.03. The van der Waals surface area contributed by atoms with E-state index in [4.69, 9.17) is 16.3 Å². The van der Waals surface area contributed by atoms with E-state index in [9.17, 15) is 0 Å². The highest BCUT2D eigenvalue weighted by molar-refractivity contribution is 6.30. The number of benzene rings is 1. The topological polar surface area (TPSA) is 9.23 Å². The molecule has 1 aliphatic heterocycles. The maximum absolute atomic E-state index is 6.01. The first kappa shape index (κ1) is 14.6. The molecule has 2 rings (SSSR count). The van der Waals surface area contributed by atoms with E-state index in [1.54, 1.807) is 0 Å². The summed E-state index contributed by atoms with van der Waals surface area (Å²) < 4.78 is 5.70. The summed E-state index contributed by atoms with van der Waals surface area (Å²) in [5, 5.41) is 0.784. The molecule has 1 nitrogen and oxygen atoms in total. The van der Waals surface area contributed by atoms with E-state index in [-0.39, 0.29) is 5.41 Å². The molecule has 1 heterocycles. The monoisotopic (exact) mass is 277 g/mol. The summed E-state index contributed by atoms with van der Waals surface area (Å²) in [4.78, 5) is 0. The average molecular weight is 278 g/mol. The first-order chi connectivity index (χ1) is 9.23. The lowest BCUT2D eigenvalue weighted by Crippen LogP contribution is -2.38. The molecule has 0 N–H and O–H groups in total. The Morgan fingerprint density at radius 3 is 2.68 bits per heavy atom. The summed E-state index contributed by atoms with van der Waals surface area (Å²) in [6.45, 7) is 7.88. The van der Waals surface area contributed by atoms with Crippen LogP contribution in [0.2, 0.25) is 5.02 Å². The minimum atomic E-state index is 0.0206. The zero-order valence-electron chi connectivity index (χ0n) is 11.6. The van der Waals surface area contributed by atoms with Crippen LogP contribution in [0.25, 0.3) is 0 Å². The smallest absolute Gasteiger partial charge is 0.0505 e. The fourth-order valence-electron chi connectivity index (χ4n) is 3.20. The Kier molecular flexibility index (Phi) is 5.06. The van der Waals surface area contributed by atoms with Crippen molar-refractivity contribution in [1.82, 2.24) is 0 Å². The third-order valence-corrected chi connectivity index (χ3v) is 4.52. The van der Waals surface area contributed by atoms with Gasteiger partial charge in [-0.2, -0.15) is 0 Å². The van der Waals surface area contributed by atoms with Gasteiger partial charge in [-0.25, -0.2) is 0 Å². The molecule has 2 unspecified atom stereocenters. The Balaban J connectivity index is 2.40. The lowest BCUT2D eigenvalue weighted by molar-refractivity contribution is 0.0287. The second kappa shape index (κ2) is 6.58. The Hall–Kier alpha value is -0.790. The Morgan fingerprint density at radius 2 is 2.16 bits per heavy atom. The minimum Gasteiger partial charge on any atom is -0.381 e. The van der Waals surface area contributed by atoms with Crippen molar-refractivity contribution in [2.75, 3.05) is 13.2 Å². The molecule has 1 aliphatic rings. The normalized spacial score (nSPS) is 23.4. The molecular formula is C17H22ClO. The number of halogens is 1. The van der Waals surface area contributed by atoms with Crippen molar-refractivity contribution in [1.29, 1.82) is 0 Å². The third-order valence-electron chi connectivity index (χ3n) is 4.27. The Morgan fingerprint density at radius 1 is 1.42 bits per heavy atom. The van der Waals surface area contributed by atoms with Crippen LogP contribution in [-0.2, 0) is 10.2 Å². The van der Waals surface area contributed by atoms with Gasteiger partial charge in [0.05, 0.1) is 6.61 Å². The number of ether oxygens (including phenoxy) is 1. The molecule has 2 atom stereocenters. The number of hydrogen-bond donors (Lipinski definition) is 0. The highest BCUT2D eigenvalue weighted by atomic mass is 35.5. The third kappa shape index (κ3) is 3.04. The van der Waals surface area contributed by atoms with E-state index in [2.05, 4.69) is 32.1 Å². The van der Waals surface area contributed by atoms with E-state index in [0.717, 1.165) is 31.1 Å². The highest BCUT2D eigenvalue weighted by Gasteiger charge is 2.37. The first-order valence-corrected chi connectivity index (χ1v) is 7.41. The summed E-state index contributed by atoms with van der Waals surface area (Å²) >= 11 is 6.01. The van der Waals surface area contributed by atoms with Gasteiger partial charge in [0.15, 0.2) is 0 Å². The second-order valence-electron chi connectivity index (χ2n) is 5.22. The minimum absolute atomic E-state index is 0.0206. The van der Waals surface area contributed by atoms with Gasteiger partial charge >= 0.3 is 0 Å². The fraction of sp³-hybridized carbons (Fsp3) is 0.471. The molecule has 19 heavy (non-hydrogen) atoms. The van der Waals surface area contributed by atoms with E-state index >= 15 is 0 Å². The lowest BCUT2D eigenvalue weighted by atomic mass is 9.66. The maximum Gasteiger partial charge on any atom is 0.0505 e. The number of allylic oxidation sites excluding steroid dienone is 2. The van der Waals surface area contributed by atoms with Gasteiger partial charge in [0.25, 0.3) is 0 Å².